The summed E-state index contributed by atoms with van der Waals surface area (Å²) in [6, 6.07) is 0. The van der Waals surface area contributed by atoms with Crippen LogP contribution in [0.1, 0.15) is 273 Å². The van der Waals surface area contributed by atoms with E-state index in [1.165, 1.54) is 154 Å². The van der Waals surface area contributed by atoms with Crippen LogP contribution in [0, 0.1) is 17.8 Å². The molecular formula is C51H98O6. The van der Waals surface area contributed by atoms with Gasteiger partial charge in [-0.05, 0) is 37.0 Å². The lowest BCUT2D eigenvalue weighted by Gasteiger charge is -2.18. The van der Waals surface area contributed by atoms with Crippen LogP contribution < -0.4 is 0 Å². The maximum atomic E-state index is 12.8. The van der Waals surface area contributed by atoms with Gasteiger partial charge in [0.25, 0.3) is 0 Å². The van der Waals surface area contributed by atoms with Crippen molar-refractivity contribution < 1.29 is 28.6 Å². The smallest absolute Gasteiger partial charge is 0.306 e. The van der Waals surface area contributed by atoms with Gasteiger partial charge in [-0.25, -0.2) is 0 Å². The summed E-state index contributed by atoms with van der Waals surface area (Å²) in [5.74, 6) is 1.68. The molecule has 0 aliphatic heterocycles. The molecule has 2 unspecified atom stereocenters. The molecule has 57 heavy (non-hydrogen) atoms. The lowest BCUT2D eigenvalue weighted by Crippen LogP contribution is -2.30. The molecule has 0 amide bonds. The second-order valence-electron chi connectivity index (χ2n) is 18.4. The Hall–Kier alpha value is -1.59. The number of hydrogen-bond acceptors (Lipinski definition) is 6. The summed E-state index contributed by atoms with van der Waals surface area (Å²) >= 11 is 0. The molecule has 0 aliphatic rings. The third-order valence-corrected chi connectivity index (χ3v) is 12.1. The quantitative estimate of drug-likeness (QED) is 0.0347. The average Bonchev–Trinajstić information content (AvgIpc) is 3.19. The van der Waals surface area contributed by atoms with Crippen LogP contribution >= 0.6 is 0 Å². The minimum atomic E-state index is -0.763. The van der Waals surface area contributed by atoms with Crippen LogP contribution in [-0.2, 0) is 28.6 Å². The van der Waals surface area contributed by atoms with E-state index < -0.39 is 6.10 Å². The van der Waals surface area contributed by atoms with Gasteiger partial charge in [-0.3, -0.25) is 14.4 Å². The van der Waals surface area contributed by atoms with Crippen LogP contribution in [0.3, 0.4) is 0 Å². The number of esters is 3. The number of ether oxygens (including phenoxy) is 3. The third kappa shape index (κ3) is 42.3. The summed E-state index contributed by atoms with van der Waals surface area (Å²) in [4.78, 5) is 37.9. The van der Waals surface area contributed by atoms with Gasteiger partial charge in [-0.2, -0.15) is 0 Å². The van der Waals surface area contributed by atoms with Crippen molar-refractivity contribution in [1.29, 1.82) is 0 Å². The van der Waals surface area contributed by atoms with E-state index in [4.69, 9.17) is 14.2 Å². The Kier molecular flexibility index (Phi) is 41.3. The molecule has 0 bridgehead atoms. The topological polar surface area (TPSA) is 78.9 Å². The first kappa shape index (κ1) is 55.4. The van der Waals surface area contributed by atoms with Crippen molar-refractivity contribution in [3.8, 4) is 0 Å². The maximum Gasteiger partial charge on any atom is 0.306 e. The minimum Gasteiger partial charge on any atom is -0.462 e. The fourth-order valence-corrected chi connectivity index (χ4v) is 7.52. The molecule has 3 atom stereocenters. The van der Waals surface area contributed by atoms with E-state index in [2.05, 4.69) is 41.5 Å². The molecule has 0 fully saturated rings. The first-order valence-electron chi connectivity index (χ1n) is 25.2. The molecule has 338 valence electrons. The standard InChI is InChI=1S/C51H98O6/c1-7-46(5)38-32-26-20-14-10-12-16-24-30-36-42-51(54)57-48(44-56-50(53)41-35-29-23-18-17-21-27-33-39-47(6)8-2)43-55-49(52)40-34-28-22-15-11-9-13-19-25-31-37-45(3)4/h45-48H,7-44H2,1-6H3/t46?,47?,48-/m1/s1. The van der Waals surface area contributed by atoms with Gasteiger partial charge in [0.1, 0.15) is 13.2 Å². The zero-order valence-electron chi connectivity index (χ0n) is 39.1. The van der Waals surface area contributed by atoms with Crippen molar-refractivity contribution in [2.75, 3.05) is 13.2 Å². The Morgan fingerprint density at radius 3 is 0.912 bits per heavy atom. The number of rotatable bonds is 44. The number of carbonyl (C=O) groups is 3. The highest BCUT2D eigenvalue weighted by Gasteiger charge is 2.19. The van der Waals surface area contributed by atoms with E-state index in [0.29, 0.717) is 19.3 Å². The lowest BCUT2D eigenvalue weighted by atomic mass is 9.99. The average molecular weight is 807 g/mol. The lowest BCUT2D eigenvalue weighted by molar-refractivity contribution is -0.167. The van der Waals surface area contributed by atoms with Gasteiger partial charge in [0, 0.05) is 19.3 Å². The summed E-state index contributed by atoms with van der Waals surface area (Å²) in [7, 11) is 0. The van der Waals surface area contributed by atoms with E-state index >= 15 is 0 Å². The van der Waals surface area contributed by atoms with Crippen LogP contribution in [0.5, 0.6) is 0 Å². The van der Waals surface area contributed by atoms with Crippen LogP contribution in [0.4, 0.5) is 0 Å². The Morgan fingerprint density at radius 2 is 0.614 bits per heavy atom. The van der Waals surface area contributed by atoms with Crippen molar-refractivity contribution in [3.05, 3.63) is 0 Å². The van der Waals surface area contributed by atoms with E-state index in [1.54, 1.807) is 0 Å². The number of unbranched alkanes of at least 4 members (excludes halogenated alkanes) is 25. The van der Waals surface area contributed by atoms with Gasteiger partial charge < -0.3 is 14.2 Å². The summed E-state index contributed by atoms with van der Waals surface area (Å²) in [5.41, 5.74) is 0. The Morgan fingerprint density at radius 1 is 0.351 bits per heavy atom. The van der Waals surface area contributed by atoms with E-state index in [1.807, 2.05) is 0 Å². The highest BCUT2D eigenvalue weighted by atomic mass is 16.6. The molecule has 0 radical (unpaired) electrons. The summed E-state index contributed by atoms with van der Waals surface area (Å²) < 4.78 is 16.8. The zero-order chi connectivity index (χ0) is 42.0. The first-order valence-corrected chi connectivity index (χ1v) is 25.2. The van der Waals surface area contributed by atoms with Crippen molar-refractivity contribution in [2.45, 2.75) is 279 Å². The highest BCUT2D eigenvalue weighted by molar-refractivity contribution is 5.71. The molecule has 0 saturated heterocycles. The highest BCUT2D eigenvalue weighted by Crippen LogP contribution is 2.18. The van der Waals surface area contributed by atoms with Crippen LogP contribution in [0.2, 0.25) is 0 Å². The van der Waals surface area contributed by atoms with Gasteiger partial charge in [0.2, 0.25) is 0 Å². The molecule has 6 heteroatoms. The molecule has 0 aromatic rings. The molecule has 0 aromatic heterocycles. The molecular weight excluding hydrogens is 709 g/mol. The van der Waals surface area contributed by atoms with E-state index in [9.17, 15) is 14.4 Å². The van der Waals surface area contributed by atoms with Gasteiger partial charge in [0.05, 0.1) is 0 Å². The predicted molar refractivity (Wildman–Crippen MR) is 243 cm³/mol. The summed E-state index contributed by atoms with van der Waals surface area (Å²) in [6.45, 7) is 13.7. The van der Waals surface area contributed by atoms with Gasteiger partial charge in [-0.1, -0.05) is 234 Å². The molecule has 0 aliphatic carbocycles. The normalized spacial score (nSPS) is 13.1. The Labute approximate surface area is 355 Å². The molecule has 0 N–H and O–H groups in total. The molecule has 0 heterocycles. The van der Waals surface area contributed by atoms with Gasteiger partial charge in [-0.15, -0.1) is 0 Å². The second kappa shape index (κ2) is 42.5. The zero-order valence-corrected chi connectivity index (χ0v) is 39.1. The SMILES string of the molecule is CCC(C)CCCCCCCCCCCCC(=O)O[C@H](COC(=O)CCCCCCCCCCCCC(C)C)COC(=O)CCCCCCCCCCC(C)CC. The molecule has 0 rings (SSSR count). The Balaban J connectivity index is 4.35. The first-order chi connectivity index (χ1) is 27.7. The van der Waals surface area contributed by atoms with Gasteiger partial charge >= 0.3 is 17.9 Å². The van der Waals surface area contributed by atoms with Crippen molar-refractivity contribution >= 4 is 17.9 Å². The molecule has 0 spiro atoms. The number of hydrogen-bond donors (Lipinski definition) is 0. The largest absolute Gasteiger partial charge is 0.462 e. The van der Waals surface area contributed by atoms with Crippen LogP contribution in [-0.4, -0.2) is 37.2 Å². The third-order valence-electron chi connectivity index (χ3n) is 12.1. The second-order valence-corrected chi connectivity index (χ2v) is 18.4. The maximum absolute atomic E-state index is 12.8. The molecule has 0 saturated carbocycles. The van der Waals surface area contributed by atoms with Crippen molar-refractivity contribution in [2.24, 2.45) is 17.8 Å². The van der Waals surface area contributed by atoms with Crippen molar-refractivity contribution in [1.82, 2.24) is 0 Å². The van der Waals surface area contributed by atoms with Crippen LogP contribution in [0.15, 0.2) is 0 Å². The summed E-state index contributed by atoms with van der Waals surface area (Å²) in [5, 5.41) is 0. The fourth-order valence-electron chi connectivity index (χ4n) is 7.52. The van der Waals surface area contributed by atoms with Gasteiger partial charge in [0.15, 0.2) is 6.10 Å². The molecule has 0 aromatic carbocycles. The summed E-state index contributed by atoms with van der Waals surface area (Å²) in [6.07, 6.45) is 40.7. The fraction of sp³-hybridized carbons (Fsp3) is 0.941. The molecule has 6 nitrogen and oxygen atoms in total. The minimum absolute atomic E-state index is 0.0655. The van der Waals surface area contributed by atoms with E-state index in [0.717, 1.165) is 75.5 Å². The van der Waals surface area contributed by atoms with Crippen LogP contribution in [0.25, 0.3) is 0 Å². The predicted octanol–water partition coefficient (Wildman–Crippen LogP) is 16.0. The monoisotopic (exact) mass is 807 g/mol. The van der Waals surface area contributed by atoms with E-state index in [-0.39, 0.29) is 31.1 Å². The number of carbonyl (C=O) groups excluding carboxylic acids is 3. The Bertz CT molecular complexity index is 887. The van der Waals surface area contributed by atoms with Crippen molar-refractivity contribution in [3.63, 3.8) is 0 Å².